The Morgan fingerprint density at radius 2 is 1.75 bits per heavy atom. The lowest BCUT2D eigenvalue weighted by atomic mass is 9.81. The molecule has 0 saturated heterocycles. The zero-order valence-electron chi connectivity index (χ0n) is 14.6. The van der Waals surface area contributed by atoms with Crippen molar-refractivity contribution in [2.24, 2.45) is 0 Å². The van der Waals surface area contributed by atoms with Crippen LogP contribution in [0, 0.1) is 23.2 Å². The maximum atomic E-state index is 8.68. The molecule has 2 aromatic rings. The van der Waals surface area contributed by atoms with Crippen molar-refractivity contribution in [2.75, 3.05) is 5.75 Å². The maximum Gasteiger partial charge on any atom is 0.232 e. The van der Waals surface area contributed by atoms with Gasteiger partial charge in [0.1, 0.15) is 6.07 Å². The summed E-state index contributed by atoms with van der Waals surface area (Å²) in [7, 11) is 0. The minimum Gasteiger partial charge on any atom is -0.226 e. The van der Waals surface area contributed by atoms with Gasteiger partial charge in [-0.25, -0.2) is 9.97 Å². The largest absolute Gasteiger partial charge is 0.232 e. The van der Waals surface area contributed by atoms with E-state index >= 15 is 0 Å². The van der Waals surface area contributed by atoms with Crippen molar-refractivity contribution < 1.29 is 0 Å². The smallest absolute Gasteiger partial charge is 0.226 e. The number of aromatic nitrogens is 2. The van der Waals surface area contributed by atoms with Crippen LogP contribution in [0.2, 0.25) is 0 Å². The van der Waals surface area contributed by atoms with Crippen LogP contribution in [-0.4, -0.2) is 15.7 Å². The summed E-state index contributed by atoms with van der Waals surface area (Å²) in [6, 6.07) is 8.32. The van der Waals surface area contributed by atoms with Crippen LogP contribution in [0.1, 0.15) is 56.6 Å². The van der Waals surface area contributed by atoms with E-state index in [4.69, 9.17) is 5.26 Å². The monoisotopic (exact) mass is 335 g/mol. The third kappa shape index (κ3) is 4.16. The predicted molar refractivity (Wildman–Crippen MR) is 98.9 cm³/mol. The van der Waals surface area contributed by atoms with Gasteiger partial charge < -0.3 is 0 Å². The van der Waals surface area contributed by atoms with E-state index < -0.39 is 0 Å². The fourth-order valence-electron chi connectivity index (χ4n) is 2.41. The first-order valence-corrected chi connectivity index (χ1v) is 9.08. The molecule has 3 nitrogen and oxygen atoms in total. The normalized spacial score (nSPS) is 14.1. The highest BCUT2D eigenvalue weighted by molar-refractivity contribution is 7.99. The molecule has 4 heteroatoms. The van der Waals surface area contributed by atoms with E-state index in [-0.39, 0.29) is 11.2 Å². The first-order valence-electron chi connectivity index (χ1n) is 8.10. The minimum atomic E-state index is 0.165. The van der Waals surface area contributed by atoms with Crippen LogP contribution in [0.5, 0.6) is 0 Å². The second-order valence-corrected chi connectivity index (χ2v) is 6.99. The molecule has 0 saturated carbocycles. The molecule has 0 aliphatic carbocycles. The molecule has 1 aromatic heterocycles. The molecule has 0 atom stereocenters. The zero-order chi connectivity index (χ0) is 17.6. The van der Waals surface area contributed by atoms with Crippen LogP contribution in [0.4, 0.5) is 0 Å². The van der Waals surface area contributed by atoms with Gasteiger partial charge in [0.05, 0.1) is 5.56 Å². The topological polar surface area (TPSA) is 49.6 Å². The third-order valence-electron chi connectivity index (χ3n) is 3.80. The molecule has 0 fully saturated rings. The summed E-state index contributed by atoms with van der Waals surface area (Å²) < 4.78 is 0. The molecule has 3 rings (SSSR count). The highest BCUT2D eigenvalue weighted by atomic mass is 32.2. The van der Waals surface area contributed by atoms with Crippen molar-refractivity contribution in [3.63, 3.8) is 0 Å². The van der Waals surface area contributed by atoms with Gasteiger partial charge in [0, 0.05) is 22.9 Å². The highest BCUT2D eigenvalue weighted by Crippen LogP contribution is 2.41. The highest BCUT2D eigenvalue weighted by Gasteiger charge is 2.27. The molecular weight excluding hydrogens is 314 g/mol. The fourth-order valence-corrected chi connectivity index (χ4v) is 3.90. The Labute approximate surface area is 148 Å². The van der Waals surface area contributed by atoms with Crippen molar-refractivity contribution in [3.05, 3.63) is 53.1 Å². The lowest BCUT2D eigenvalue weighted by Gasteiger charge is -2.32. The van der Waals surface area contributed by atoms with Crippen LogP contribution in [0.3, 0.4) is 0 Å². The van der Waals surface area contributed by atoms with Gasteiger partial charge in [0.25, 0.3) is 0 Å². The van der Waals surface area contributed by atoms with Crippen LogP contribution in [0.15, 0.2) is 35.5 Å². The van der Waals surface area contributed by atoms with E-state index in [9.17, 15) is 0 Å². The molecule has 1 aromatic carbocycles. The molecule has 0 N–H and O–H groups in total. The standard InChI is InChI=1S/C18H15N3S.C2H6/c1-18(2)7-8-22-16-6-5-13(9-15(16)18)3-4-14-11-20-17(10-19)21-12-14;1-2/h5-6,9,11-12H,7-8H2,1-2H3;1-2H3. The third-order valence-corrected chi connectivity index (χ3v) is 4.87. The van der Waals surface area contributed by atoms with E-state index in [0.717, 1.165) is 5.56 Å². The predicted octanol–water partition coefficient (Wildman–Crippen LogP) is 4.55. The molecule has 122 valence electrons. The molecule has 1 aliphatic heterocycles. The van der Waals surface area contributed by atoms with Crippen LogP contribution >= 0.6 is 11.8 Å². The summed E-state index contributed by atoms with van der Waals surface area (Å²) in [5.74, 6) is 7.56. The van der Waals surface area contributed by atoms with Crippen molar-refractivity contribution in [2.45, 2.75) is 44.4 Å². The molecule has 0 unspecified atom stereocenters. The molecule has 24 heavy (non-hydrogen) atoms. The molecule has 0 radical (unpaired) electrons. The maximum absolute atomic E-state index is 8.68. The van der Waals surface area contributed by atoms with Crippen LogP contribution in [-0.2, 0) is 5.41 Å². The molecule has 0 amide bonds. The quantitative estimate of drug-likeness (QED) is 0.663. The number of nitrogens with zero attached hydrogens (tertiary/aromatic N) is 3. The van der Waals surface area contributed by atoms with Crippen LogP contribution < -0.4 is 0 Å². The lowest BCUT2D eigenvalue weighted by Crippen LogP contribution is -2.22. The number of hydrogen-bond donors (Lipinski definition) is 0. The average molecular weight is 335 g/mol. The summed E-state index contributed by atoms with van der Waals surface area (Å²) in [4.78, 5) is 9.21. The Bertz CT molecular complexity index is 806. The summed E-state index contributed by atoms with van der Waals surface area (Å²) in [5, 5.41) is 8.68. The summed E-state index contributed by atoms with van der Waals surface area (Å²) in [5.41, 5.74) is 3.30. The Kier molecular flexibility index (Phi) is 6.01. The van der Waals surface area contributed by atoms with E-state index in [1.165, 1.54) is 22.6 Å². The Morgan fingerprint density at radius 1 is 1.08 bits per heavy atom. The fraction of sp³-hybridized carbons (Fsp3) is 0.350. The van der Waals surface area contributed by atoms with Crippen LogP contribution in [0.25, 0.3) is 0 Å². The van der Waals surface area contributed by atoms with E-state index in [1.807, 2.05) is 31.7 Å². The summed E-state index contributed by atoms with van der Waals surface area (Å²) in [6.07, 6.45) is 4.35. The Morgan fingerprint density at radius 3 is 2.42 bits per heavy atom. The number of rotatable bonds is 0. The van der Waals surface area contributed by atoms with Gasteiger partial charge in [-0.2, -0.15) is 5.26 Å². The number of thioether (sulfide) groups is 1. The summed E-state index contributed by atoms with van der Waals surface area (Å²) in [6.45, 7) is 8.58. The average Bonchev–Trinajstić information content (AvgIpc) is 2.62. The van der Waals surface area contributed by atoms with Gasteiger partial charge in [-0.05, 0) is 41.4 Å². The van der Waals surface area contributed by atoms with Gasteiger partial charge in [-0.3, -0.25) is 0 Å². The van der Waals surface area contributed by atoms with Gasteiger partial charge in [0.2, 0.25) is 5.82 Å². The Hall–Kier alpha value is -2.30. The molecule has 2 heterocycles. The zero-order valence-corrected chi connectivity index (χ0v) is 15.4. The number of benzene rings is 1. The number of fused-ring (bicyclic) bond motifs is 1. The van der Waals surface area contributed by atoms with Gasteiger partial charge in [-0.15, -0.1) is 11.8 Å². The number of hydrogen-bond acceptors (Lipinski definition) is 4. The minimum absolute atomic E-state index is 0.165. The van der Waals surface area contributed by atoms with E-state index in [2.05, 4.69) is 53.9 Å². The first-order chi connectivity index (χ1) is 11.6. The van der Waals surface area contributed by atoms with Crippen molar-refractivity contribution in [1.82, 2.24) is 9.97 Å². The molecule has 0 spiro atoms. The Balaban J connectivity index is 0.00000100. The SMILES string of the molecule is CC.CC1(C)CCSc2ccc(C#Cc3cnc(C#N)nc3)cc21. The first kappa shape index (κ1) is 18.0. The lowest BCUT2D eigenvalue weighted by molar-refractivity contribution is 0.494. The van der Waals surface area contributed by atoms with Crippen molar-refractivity contribution in [1.29, 1.82) is 5.26 Å². The molecule has 0 bridgehead atoms. The van der Waals surface area contributed by atoms with Crippen molar-refractivity contribution >= 4 is 11.8 Å². The summed E-state index contributed by atoms with van der Waals surface area (Å²) >= 11 is 1.92. The van der Waals surface area contributed by atoms with Gasteiger partial charge >= 0.3 is 0 Å². The molecule has 1 aliphatic rings. The van der Waals surface area contributed by atoms with E-state index in [0.29, 0.717) is 5.56 Å². The second-order valence-electron chi connectivity index (χ2n) is 5.85. The van der Waals surface area contributed by atoms with Gasteiger partial charge in [0.15, 0.2) is 0 Å². The van der Waals surface area contributed by atoms with E-state index in [1.54, 1.807) is 12.4 Å². The second kappa shape index (κ2) is 7.99. The molecular formula is C20H21N3S. The number of nitriles is 1. The van der Waals surface area contributed by atoms with Crippen molar-refractivity contribution in [3.8, 4) is 17.9 Å². The van der Waals surface area contributed by atoms with Gasteiger partial charge in [-0.1, -0.05) is 39.5 Å².